The van der Waals surface area contributed by atoms with E-state index in [1.165, 1.54) is 48.5 Å². The second kappa shape index (κ2) is 20.3. The van der Waals surface area contributed by atoms with Crippen LogP contribution in [0.4, 0.5) is 45.5 Å². The molecule has 0 radical (unpaired) electrons. The van der Waals surface area contributed by atoms with Gasteiger partial charge in [0.1, 0.15) is 6.54 Å². The van der Waals surface area contributed by atoms with Crippen LogP contribution in [0.15, 0.2) is 168 Å². The largest absolute Gasteiger partial charge is 0.871 e. The van der Waals surface area contributed by atoms with Gasteiger partial charge in [-0.15, -0.1) is 0 Å². The number of benzene rings is 6. The first-order chi connectivity index (χ1) is 36.3. The van der Waals surface area contributed by atoms with E-state index >= 15 is 0 Å². The molecule has 3 aliphatic rings. The van der Waals surface area contributed by atoms with Crippen LogP contribution in [0.2, 0.25) is 0 Å². The van der Waals surface area contributed by atoms with E-state index in [4.69, 9.17) is 0 Å². The summed E-state index contributed by atoms with van der Waals surface area (Å²) in [4.78, 5) is 67.8. The van der Waals surface area contributed by atoms with Crippen molar-refractivity contribution in [2.24, 2.45) is 0 Å². The summed E-state index contributed by atoms with van der Waals surface area (Å²) in [5.74, 6) is -4.95. The van der Waals surface area contributed by atoms with Crippen molar-refractivity contribution in [3.05, 3.63) is 202 Å². The predicted molar refractivity (Wildman–Crippen MR) is 291 cm³/mol. The molecule has 0 unspecified atom stereocenters. The fraction of sp³-hybridized carbons (Fsp3) is 0.226. The van der Waals surface area contributed by atoms with Gasteiger partial charge in [0.15, 0.2) is 11.5 Å². The van der Waals surface area contributed by atoms with E-state index in [0.717, 1.165) is 71.0 Å². The number of carbonyl (C=O) groups is 5. The quantitative estimate of drug-likeness (QED) is 0.0468. The van der Waals surface area contributed by atoms with Gasteiger partial charge in [-0.25, -0.2) is 19.2 Å². The maximum atomic E-state index is 14.6. The molecule has 2 heterocycles. The van der Waals surface area contributed by atoms with Gasteiger partial charge in [0.25, 0.3) is 0 Å². The van der Waals surface area contributed by atoms with E-state index in [1.807, 2.05) is 34.1 Å². The Hall–Kier alpha value is -9.04. The Morgan fingerprint density at radius 3 is 1.37 bits per heavy atom. The van der Waals surface area contributed by atoms with Crippen molar-refractivity contribution in [3.8, 4) is 0 Å². The lowest BCUT2D eigenvalue weighted by Crippen LogP contribution is -2.35. The van der Waals surface area contributed by atoms with Gasteiger partial charge in [-0.1, -0.05) is 46.3 Å². The van der Waals surface area contributed by atoms with Crippen LogP contribution < -0.4 is 19.8 Å². The Kier molecular flexibility index (Phi) is 13.9. The van der Waals surface area contributed by atoms with Gasteiger partial charge in [-0.2, -0.15) is 4.58 Å². The molecule has 1 aliphatic carbocycles. The number of anilines is 7. The first-order valence-electron chi connectivity index (χ1n) is 25.3. The Balaban J connectivity index is 1.09. The number of carbonyl (C=O) groups excluding carboxylic acids is 1. The molecule has 9 rings (SSSR count). The molecule has 6 aromatic carbocycles. The zero-order valence-electron chi connectivity index (χ0n) is 43.1. The van der Waals surface area contributed by atoms with E-state index in [9.17, 15) is 49.5 Å². The molecule has 0 saturated heterocycles. The maximum Gasteiger partial charge on any atom is 0.335 e. The van der Waals surface area contributed by atoms with E-state index in [-0.39, 0.29) is 44.9 Å². The van der Waals surface area contributed by atoms with Crippen LogP contribution in [0, 0.1) is 0 Å². The standard InChI is InChI=1S/C62H58N4O10/c1-7-9-31-63-51-29-27-45(65(41-19-11-37(12-20-41)57(69)70)42-21-13-38(14-22-42)58(71)72)33-49(51)61(3,4)53(63)35-47-55(67)48(56(47)68)36-54-62(5,6)50-34-46(28-30-52(50)64(54)32-10-8-2)66(43-23-15-39(16-24-43)59(73)74)44-25-17-40(18-26-44)60(75)76/h11-30,33-36H,7-10,31-32H2,1-6H3,(H4-,67,68,69,70,71,72,73,74,75,76). The number of unbranched alkanes of at least 4 members (excludes halogenated alkanes) is 2. The zero-order chi connectivity index (χ0) is 54.4. The monoisotopic (exact) mass is 1020 g/mol. The number of hydrogen-bond acceptors (Lipinski definition) is 9. The van der Waals surface area contributed by atoms with Crippen molar-refractivity contribution in [3.63, 3.8) is 0 Å². The molecular weight excluding hydrogens is 961 g/mol. The number of Topliss-reactive ketones (excluding diaryl/α,β-unsaturated/α-hetero) is 1. The summed E-state index contributed by atoms with van der Waals surface area (Å²) < 4.78 is 2.19. The summed E-state index contributed by atoms with van der Waals surface area (Å²) in [5, 5.41) is 53.2. The lowest BCUT2D eigenvalue weighted by molar-refractivity contribution is -0.438. The van der Waals surface area contributed by atoms with Crippen LogP contribution >= 0.6 is 0 Å². The minimum Gasteiger partial charge on any atom is -0.871 e. The molecule has 14 heteroatoms. The lowest BCUT2D eigenvalue weighted by atomic mass is 9.77. The SMILES string of the molecule is CCCCN1/C(=C/C2=C([O-])C(=C\C3=[N+](CCCC)c4ccc(N(c5ccc(C(=O)O)cc5)c5ccc(C(=O)O)cc5)cc4C3(C)C)/C2=O)C(C)(C)c2cc(N(c3ccc(C(=O)O)cc3)c3ccc(C(=O)O)cc3)ccc21. The Bertz CT molecular complexity index is 3360. The van der Waals surface area contributed by atoms with Gasteiger partial charge in [0, 0.05) is 92.7 Å². The minimum atomic E-state index is -1.06. The van der Waals surface area contributed by atoms with Crippen LogP contribution in [0.5, 0.6) is 0 Å². The maximum absolute atomic E-state index is 14.6. The number of aromatic carboxylic acids is 4. The number of nitrogens with zero attached hydrogens (tertiary/aromatic N) is 4. The van der Waals surface area contributed by atoms with Crippen LogP contribution in [0.25, 0.3) is 0 Å². The summed E-state index contributed by atoms with van der Waals surface area (Å²) >= 11 is 0. The van der Waals surface area contributed by atoms with Crippen LogP contribution in [0.1, 0.15) is 120 Å². The van der Waals surface area contributed by atoms with E-state index in [2.05, 4.69) is 63.2 Å². The molecule has 386 valence electrons. The van der Waals surface area contributed by atoms with Crippen molar-refractivity contribution in [1.82, 2.24) is 0 Å². The second-order valence-electron chi connectivity index (χ2n) is 20.3. The lowest BCUT2D eigenvalue weighted by Gasteiger charge is -2.33. The number of ketones is 1. The highest BCUT2D eigenvalue weighted by molar-refractivity contribution is 6.24. The molecular formula is C62H58N4O10. The van der Waals surface area contributed by atoms with Crippen molar-refractivity contribution in [2.45, 2.75) is 78.1 Å². The molecule has 0 fully saturated rings. The number of rotatable bonds is 18. The van der Waals surface area contributed by atoms with Gasteiger partial charge in [-0.3, -0.25) is 4.79 Å². The molecule has 6 aromatic rings. The number of allylic oxidation sites excluding steroid dienone is 5. The highest BCUT2D eigenvalue weighted by Gasteiger charge is 2.47. The summed E-state index contributed by atoms with van der Waals surface area (Å²) in [6.45, 7) is 13.7. The molecule has 76 heavy (non-hydrogen) atoms. The van der Waals surface area contributed by atoms with Crippen molar-refractivity contribution in [2.75, 3.05) is 27.8 Å². The molecule has 0 atom stereocenters. The van der Waals surface area contributed by atoms with Gasteiger partial charge in [0.2, 0.25) is 5.69 Å². The van der Waals surface area contributed by atoms with E-state index < -0.39 is 34.7 Å². The van der Waals surface area contributed by atoms with Gasteiger partial charge >= 0.3 is 23.9 Å². The summed E-state index contributed by atoms with van der Waals surface area (Å²) in [6, 6.07) is 37.9. The molecule has 0 saturated carbocycles. The van der Waals surface area contributed by atoms with E-state index in [1.54, 1.807) is 60.7 Å². The average Bonchev–Trinajstić information content (AvgIpc) is 3.81. The van der Waals surface area contributed by atoms with Crippen molar-refractivity contribution < 1.29 is 54.1 Å². The minimum absolute atomic E-state index is 0.0947. The first kappa shape index (κ1) is 51.8. The summed E-state index contributed by atoms with van der Waals surface area (Å²) in [6.07, 6.45) is 6.98. The number of carboxylic acid groups (broad SMARTS) is 4. The van der Waals surface area contributed by atoms with Crippen molar-refractivity contribution in [1.29, 1.82) is 0 Å². The Labute approximate surface area is 440 Å². The van der Waals surface area contributed by atoms with Gasteiger partial charge in [-0.05, 0) is 159 Å². The normalized spacial score (nSPS) is 16.2. The topological polar surface area (TPSA) is 202 Å². The Morgan fingerprint density at radius 1 is 0.553 bits per heavy atom. The Morgan fingerprint density at radius 2 is 0.961 bits per heavy atom. The van der Waals surface area contributed by atoms with Gasteiger partial charge in [0.05, 0.1) is 27.7 Å². The van der Waals surface area contributed by atoms with Crippen molar-refractivity contribution >= 4 is 80.9 Å². The second-order valence-corrected chi connectivity index (χ2v) is 20.3. The molecule has 4 N–H and O–H groups in total. The molecule has 0 aromatic heterocycles. The fourth-order valence-corrected chi connectivity index (χ4v) is 10.5. The predicted octanol–water partition coefficient (Wildman–Crippen LogP) is 12.2. The first-order valence-corrected chi connectivity index (χ1v) is 25.3. The third-order valence-electron chi connectivity index (χ3n) is 14.8. The molecule has 0 bridgehead atoms. The fourth-order valence-electron chi connectivity index (χ4n) is 10.5. The molecule has 2 aliphatic heterocycles. The number of carboxylic acids is 4. The van der Waals surface area contributed by atoms with E-state index in [0.29, 0.717) is 35.8 Å². The average molecular weight is 1020 g/mol. The highest BCUT2D eigenvalue weighted by Crippen LogP contribution is 2.52. The van der Waals surface area contributed by atoms with Crippen LogP contribution in [-0.4, -0.2) is 73.5 Å². The highest BCUT2D eigenvalue weighted by atomic mass is 16.4. The third kappa shape index (κ3) is 9.31. The molecule has 0 amide bonds. The zero-order valence-corrected chi connectivity index (χ0v) is 43.1. The molecule has 14 nitrogen and oxygen atoms in total. The number of fused-ring (bicyclic) bond motifs is 2. The van der Waals surface area contributed by atoms with Gasteiger partial charge < -0.3 is 40.2 Å². The number of hydrogen-bond donors (Lipinski definition) is 4. The van der Waals surface area contributed by atoms with Crippen LogP contribution in [0.3, 0.4) is 0 Å². The summed E-state index contributed by atoms with van der Waals surface area (Å²) in [7, 11) is 0. The third-order valence-corrected chi connectivity index (χ3v) is 14.8. The smallest absolute Gasteiger partial charge is 0.335 e. The van der Waals surface area contributed by atoms with Crippen LogP contribution in [-0.2, 0) is 15.6 Å². The molecule has 0 spiro atoms. The summed E-state index contributed by atoms with van der Waals surface area (Å²) in [5.41, 5.74) is 8.65.